The van der Waals surface area contributed by atoms with Gasteiger partial charge in [-0.2, -0.15) is 0 Å². The number of halogens is 1. The van der Waals surface area contributed by atoms with Gasteiger partial charge < -0.3 is 5.32 Å². The van der Waals surface area contributed by atoms with Crippen LogP contribution in [0, 0.1) is 5.82 Å². The van der Waals surface area contributed by atoms with Crippen LogP contribution in [-0.4, -0.2) is 48.7 Å². The highest BCUT2D eigenvalue weighted by atomic mass is 32.2. The van der Waals surface area contributed by atoms with Crippen LogP contribution in [-0.2, 0) is 19.4 Å². The molecule has 3 rings (SSSR count). The normalized spacial score (nSPS) is 22.6. The molecule has 0 spiro atoms. The van der Waals surface area contributed by atoms with Gasteiger partial charge in [0.25, 0.3) is 11.1 Å². The molecule has 2 aliphatic heterocycles. The highest BCUT2D eigenvalue weighted by Crippen LogP contribution is 2.32. The number of nitrogens with one attached hydrogen (secondary N) is 1. The van der Waals surface area contributed by atoms with Gasteiger partial charge in [-0.15, -0.1) is 0 Å². The zero-order valence-electron chi connectivity index (χ0n) is 13.9. The first-order valence-electron chi connectivity index (χ1n) is 7.95. The summed E-state index contributed by atoms with van der Waals surface area (Å²) >= 11 is 0.679. The lowest BCUT2D eigenvalue weighted by Crippen LogP contribution is -2.38. The Bertz CT molecular complexity index is 971. The summed E-state index contributed by atoms with van der Waals surface area (Å²) < 4.78 is 36.3. The minimum Gasteiger partial charge on any atom is -0.349 e. The van der Waals surface area contributed by atoms with Crippen LogP contribution >= 0.6 is 11.8 Å². The molecule has 27 heavy (non-hydrogen) atoms. The molecule has 3 amide bonds. The summed E-state index contributed by atoms with van der Waals surface area (Å²) in [7, 11) is -3.29. The lowest BCUT2D eigenvalue weighted by molar-refractivity contribution is -0.124. The van der Waals surface area contributed by atoms with E-state index in [9.17, 15) is 27.2 Å². The standard InChI is InChI=1S/C17H15FN2O5S2/c18-13-4-2-1-3-11(13)9-14-16(22)20(17(23)26-14)7-5-15(21)19-12-6-8-27(24,25)10-12/h1-4,6,8-9,12H,5,7,10H2,(H,19,21)/b14-9-/t12-/m1/s1. The van der Waals surface area contributed by atoms with Crippen molar-refractivity contribution in [2.75, 3.05) is 12.3 Å². The van der Waals surface area contributed by atoms with E-state index in [0.29, 0.717) is 11.8 Å². The monoisotopic (exact) mass is 410 g/mol. The van der Waals surface area contributed by atoms with Crippen LogP contribution < -0.4 is 5.32 Å². The van der Waals surface area contributed by atoms with Crippen molar-refractivity contribution in [3.05, 3.63) is 52.0 Å². The molecule has 10 heteroatoms. The Labute approximate surface area is 159 Å². The van der Waals surface area contributed by atoms with Crippen LogP contribution in [0.3, 0.4) is 0 Å². The van der Waals surface area contributed by atoms with Crippen molar-refractivity contribution < 1.29 is 27.2 Å². The minimum absolute atomic E-state index is 0.0790. The number of nitrogens with zero attached hydrogens (tertiary/aromatic N) is 1. The maximum atomic E-state index is 13.7. The quantitative estimate of drug-likeness (QED) is 0.742. The third-order valence-electron chi connectivity index (χ3n) is 3.90. The lowest BCUT2D eigenvalue weighted by atomic mass is 10.2. The van der Waals surface area contributed by atoms with E-state index in [1.165, 1.54) is 30.4 Å². The van der Waals surface area contributed by atoms with Crippen LogP contribution in [0.1, 0.15) is 12.0 Å². The van der Waals surface area contributed by atoms with Gasteiger partial charge in [-0.25, -0.2) is 12.8 Å². The van der Waals surface area contributed by atoms with Gasteiger partial charge in [0.15, 0.2) is 9.84 Å². The molecule has 0 radical (unpaired) electrons. The van der Waals surface area contributed by atoms with E-state index in [4.69, 9.17) is 0 Å². The first kappa shape index (κ1) is 19.3. The van der Waals surface area contributed by atoms with E-state index in [-0.39, 0.29) is 29.2 Å². The summed E-state index contributed by atoms with van der Waals surface area (Å²) in [5, 5.41) is 3.02. The third kappa shape index (κ3) is 4.64. The number of carbonyl (C=O) groups is 3. The van der Waals surface area contributed by atoms with Crippen molar-refractivity contribution in [2.24, 2.45) is 0 Å². The first-order valence-corrected chi connectivity index (χ1v) is 10.5. The molecule has 7 nitrogen and oxygen atoms in total. The molecule has 1 fully saturated rings. The van der Waals surface area contributed by atoms with Gasteiger partial charge >= 0.3 is 0 Å². The largest absolute Gasteiger partial charge is 0.349 e. The van der Waals surface area contributed by atoms with Crippen molar-refractivity contribution in [2.45, 2.75) is 12.5 Å². The van der Waals surface area contributed by atoms with Crippen LogP contribution in [0.4, 0.5) is 9.18 Å². The molecule has 1 N–H and O–H groups in total. The van der Waals surface area contributed by atoms with Crippen molar-refractivity contribution in [1.82, 2.24) is 10.2 Å². The van der Waals surface area contributed by atoms with Crippen LogP contribution in [0.15, 0.2) is 40.7 Å². The first-order chi connectivity index (χ1) is 12.7. The summed E-state index contributed by atoms with van der Waals surface area (Å²) in [6.45, 7) is -0.145. The molecule has 2 aliphatic rings. The van der Waals surface area contributed by atoms with Gasteiger partial charge in [0.05, 0.1) is 16.7 Å². The predicted molar refractivity (Wildman–Crippen MR) is 98.6 cm³/mol. The van der Waals surface area contributed by atoms with Gasteiger partial charge in [-0.3, -0.25) is 19.3 Å². The molecule has 1 aromatic rings. The Morgan fingerprint density at radius 3 is 2.74 bits per heavy atom. The van der Waals surface area contributed by atoms with Crippen molar-refractivity contribution in [1.29, 1.82) is 0 Å². The number of benzene rings is 1. The van der Waals surface area contributed by atoms with Gasteiger partial charge in [0, 0.05) is 23.9 Å². The average Bonchev–Trinajstić information content (AvgIpc) is 3.07. The Morgan fingerprint density at radius 2 is 2.07 bits per heavy atom. The van der Waals surface area contributed by atoms with Crippen LogP contribution in [0.5, 0.6) is 0 Å². The third-order valence-corrected chi connectivity index (χ3v) is 6.21. The van der Waals surface area contributed by atoms with Crippen molar-refractivity contribution in [3.63, 3.8) is 0 Å². The van der Waals surface area contributed by atoms with E-state index in [1.54, 1.807) is 6.07 Å². The maximum Gasteiger partial charge on any atom is 0.293 e. The van der Waals surface area contributed by atoms with Crippen molar-refractivity contribution >= 4 is 44.7 Å². The second-order valence-corrected chi connectivity index (χ2v) is 8.86. The van der Waals surface area contributed by atoms with E-state index in [1.807, 2.05) is 0 Å². The minimum atomic E-state index is -3.29. The van der Waals surface area contributed by atoms with Crippen LogP contribution in [0.2, 0.25) is 0 Å². The summed E-state index contributed by atoms with van der Waals surface area (Å²) in [5.74, 6) is -1.78. The molecular weight excluding hydrogens is 395 g/mol. The number of sulfone groups is 1. The van der Waals surface area contributed by atoms with Gasteiger partial charge in [0.2, 0.25) is 5.91 Å². The highest BCUT2D eigenvalue weighted by Gasteiger charge is 2.35. The Morgan fingerprint density at radius 1 is 1.33 bits per heavy atom. The number of imide groups is 1. The number of rotatable bonds is 5. The number of hydrogen-bond donors (Lipinski definition) is 1. The number of hydrogen-bond acceptors (Lipinski definition) is 6. The molecule has 1 saturated heterocycles. The molecule has 0 aromatic heterocycles. The summed E-state index contributed by atoms with van der Waals surface area (Å²) in [4.78, 5) is 37.3. The predicted octanol–water partition coefficient (Wildman–Crippen LogP) is 1.68. The molecule has 0 bridgehead atoms. The second kappa shape index (κ2) is 7.65. The molecule has 0 aliphatic carbocycles. The van der Waals surface area contributed by atoms with E-state index in [0.717, 1.165) is 10.3 Å². The fourth-order valence-corrected chi connectivity index (χ4v) is 4.68. The van der Waals surface area contributed by atoms with E-state index in [2.05, 4.69) is 5.32 Å². The van der Waals surface area contributed by atoms with Gasteiger partial charge in [-0.1, -0.05) is 18.2 Å². The zero-order valence-corrected chi connectivity index (χ0v) is 15.6. The number of thioether (sulfide) groups is 1. The molecule has 142 valence electrons. The molecule has 0 unspecified atom stereocenters. The summed E-state index contributed by atoms with van der Waals surface area (Å²) in [6, 6.07) is 5.25. The summed E-state index contributed by atoms with van der Waals surface area (Å²) in [5.41, 5.74) is 0.190. The zero-order chi connectivity index (χ0) is 19.6. The summed E-state index contributed by atoms with van der Waals surface area (Å²) in [6.07, 6.45) is 2.52. The van der Waals surface area contributed by atoms with Crippen molar-refractivity contribution in [3.8, 4) is 0 Å². The Hall–Kier alpha value is -2.46. The molecule has 1 aromatic carbocycles. The van der Waals surface area contributed by atoms with Gasteiger partial charge in [0.1, 0.15) is 5.82 Å². The van der Waals surface area contributed by atoms with Gasteiger partial charge in [-0.05, 0) is 30.0 Å². The number of amides is 3. The topological polar surface area (TPSA) is 101 Å². The Kier molecular flexibility index (Phi) is 5.47. The SMILES string of the molecule is O=C(CCN1C(=O)S/C(=C\c2ccccc2F)C1=O)N[C@@H]1C=CS(=O)(=O)C1. The molecule has 0 saturated carbocycles. The maximum absolute atomic E-state index is 13.7. The van der Waals surface area contributed by atoms with E-state index < -0.39 is 38.7 Å². The molecule has 2 heterocycles. The molecule has 1 atom stereocenters. The highest BCUT2D eigenvalue weighted by molar-refractivity contribution is 8.18. The van der Waals surface area contributed by atoms with E-state index >= 15 is 0 Å². The average molecular weight is 410 g/mol. The fraction of sp³-hybridized carbons (Fsp3) is 0.235. The smallest absolute Gasteiger partial charge is 0.293 e. The lowest BCUT2D eigenvalue weighted by Gasteiger charge is -2.14. The molecular formula is C17H15FN2O5S2. The Balaban J connectivity index is 1.59. The second-order valence-electron chi connectivity index (χ2n) is 5.94. The van der Waals surface area contributed by atoms with Crippen LogP contribution in [0.25, 0.3) is 6.08 Å². The number of carbonyl (C=O) groups excluding carboxylic acids is 3. The fourth-order valence-electron chi connectivity index (χ4n) is 2.58.